The van der Waals surface area contributed by atoms with Gasteiger partial charge < -0.3 is 14.2 Å². The summed E-state index contributed by atoms with van der Waals surface area (Å²) in [5.74, 6) is -0.954. The van der Waals surface area contributed by atoms with E-state index in [0.717, 1.165) is 103 Å². The first kappa shape index (κ1) is 50.1. The monoisotopic (exact) mass is 741 g/mol. The highest BCUT2D eigenvalue weighted by atomic mass is 16.6. The summed E-state index contributed by atoms with van der Waals surface area (Å²) in [6, 6.07) is 0. The van der Waals surface area contributed by atoms with Crippen LogP contribution in [0.4, 0.5) is 0 Å². The summed E-state index contributed by atoms with van der Waals surface area (Å²) in [6.45, 7) is 6.31. The first-order valence-electron chi connectivity index (χ1n) is 21.8. The molecular formula is C47H80O6. The molecule has 0 aliphatic rings. The third-order valence-electron chi connectivity index (χ3n) is 8.99. The first-order chi connectivity index (χ1) is 26.0. The van der Waals surface area contributed by atoms with Gasteiger partial charge in [-0.05, 0) is 96.3 Å². The van der Waals surface area contributed by atoms with Gasteiger partial charge in [-0.2, -0.15) is 0 Å². The zero-order valence-electron chi connectivity index (χ0n) is 34.5. The van der Waals surface area contributed by atoms with Crippen molar-refractivity contribution in [3.05, 3.63) is 60.8 Å². The van der Waals surface area contributed by atoms with Crippen LogP contribution in [-0.4, -0.2) is 37.2 Å². The SMILES string of the molecule is CC/C=C\C/C=C\CCCCCCCCCC(=O)OCC(COC(=O)CCCC/C=C\C/C=C\CC)OC(=O)CCCCCCC/C=C\CCCCC. The molecule has 0 bridgehead atoms. The molecule has 6 nitrogen and oxygen atoms in total. The van der Waals surface area contributed by atoms with Crippen molar-refractivity contribution >= 4 is 17.9 Å². The lowest BCUT2D eigenvalue weighted by Crippen LogP contribution is -2.30. The van der Waals surface area contributed by atoms with Gasteiger partial charge in [-0.25, -0.2) is 0 Å². The molecule has 0 aromatic heterocycles. The molecule has 0 rings (SSSR count). The number of ether oxygens (including phenoxy) is 3. The Bertz CT molecular complexity index is 991. The molecule has 0 aliphatic carbocycles. The Hall–Kier alpha value is -2.89. The van der Waals surface area contributed by atoms with E-state index in [1.54, 1.807) is 0 Å². The quantitative estimate of drug-likeness (QED) is 0.0271. The lowest BCUT2D eigenvalue weighted by atomic mass is 10.1. The van der Waals surface area contributed by atoms with Gasteiger partial charge in [0, 0.05) is 19.3 Å². The number of unbranched alkanes of at least 4 members (excludes halogenated alkanes) is 17. The predicted molar refractivity (Wildman–Crippen MR) is 224 cm³/mol. The molecule has 0 radical (unpaired) electrons. The topological polar surface area (TPSA) is 78.9 Å². The minimum Gasteiger partial charge on any atom is -0.462 e. The lowest BCUT2D eigenvalue weighted by molar-refractivity contribution is -0.167. The van der Waals surface area contributed by atoms with E-state index in [1.165, 1.54) is 57.8 Å². The minimum atomic E-state index is -0.790. The Kier molecular flexibility index (Phi) is 39.6. The van der Waals surface area contributed by atoms with E-state index < -0.39 is 6.10 Å². The first-order valence-corrected chi connectivity index (χ1v) is 21.8. The van der Waals surface area contributed by atoms with Crippen LogP contribution in [0.1, 0.15) is 201 Å². The van der Waals surface area contributed by atoms with Gasteiger partial charge in [0.25, 0.3) is 0 Å². The predicted octanol–water partition coefficient (Wildman–Crippen LogP) is 13.7. The van der Waals surface area contributed by atoms with Gasteiger partial charge in [0.15, 0.2) is 6.10 Å². The van der Waals surface area contributed by atoms with Crippen LogP contribution in [0.3, 0.4) is 0 Å². The fourth-order valence-corrected chi connectivity index (χ4v) is 5.74. The number of hydrogen-bond acceptors (Lipinski definition) is 6. The van der Waals surface area contributed by atoms with Crippen molar-refractivity contribution in [3.8, 4) is 0 Å². The van der Waals surface area contributed by atoms with Gasteiger partial charge in [0.05, 0.1) is 0 Å². The summed E-state index contributed by atoms with van der Waals surface area (Å²) < 4.78 is 16.6. The average molecular weight is 741 g/mol. The maximum atomic E-state index is 12.7. The van der Waals surface area contributed by atoms with Gasteiger partial charge in [-0.3, -0.25) is 14.4 Å². The van der Waals surface area contributed by atoms with Crippen molar-refractivity contribution in [2.24, 2.45) is 0 Å². The van der Waals surface area contributed by atoms with E-state index in [4.69, 9.17) is 14.2 Å². The summed E-state index contributed by atoms with van der Waals surface area (Å²) in [4.78, 5) is 37.6. The van der Waals surface area contributed by atoms with Crippen molar-refractivity contribution in [2.75, 3.05) is 13.2 Å². The molecule has 0 fully saturated rings. The van der Waals surface area contributed by atoms with E-state index in [2.05, 4.69) is 81.5 Å². The van der Waals surface area contributed by atoms with Gasteiger partial charge in [-0.1, -0.05) is 146 Å². The Morgan fingerprint density at radius 3 is 1.19 bits per heavy atom. The van der Waals surface area contributed by atoms with E-state index >= 15 is 0 Å². The second-order valence-corrected chi connectivity index (χ2v) is 14.2. The molecule has 53 heavy (non-hydrogen) atoms. The van der Waals surface area contributed by atoms with Crippen LogP contribution >= 0.6 is 0 Å². The van der Waals surface area contributed by atoms with Gasteiger partial charge in [0.2, 0.25) is 0 Å². The molecular weight excluding hydrogens is 661 g/mol. The van der Waals surface area contributed by atoms with Gasteiger partial charge in [0.1, 0.15) is 13.2 Å². The van der Waals surface area contributed by atoms with Gasteiger partial charge >= 0.3 is 17.9 Å². The van der Waals surface area contributed by atoms with Gasteiger partial charge in [-0.15, -0.1) is 0 Å². The summed E-state index contributed by atoms with van der Waals surface area (Å²) in [7, 11) is 0. The average Bonchev–Trinajstić information content (AvgIpc) is 3.15. The number of allylic oxidation sites excluding steroid dienone is 10. The molecule has 0 amide bonds. The molecule has 6 heteroatoms. The van der Waals surface area contributed by atoms with Crippen LogP contribution in [-0.2, 0) is 28.6 Å². The minimum absolute atomic E-state index is 0.0928. The van der Waals surface area contributed by atoms with E-state index in [1.807, 2.05) is 0 Å². The standard InChI is InChI=1S/C47H80O6/c1-4-7-10-13-16-19-21-23-24-26-28-31-34-37-40-46(49)52-43-44(42-51-45(48)39-36-33-30-27-18-15-12-9-6-3)53-47(50)41-38-35-32-29-25-22-20-17-14-11-8-5-2/h7,9-10,12,16-20,27,44H,4-6,8,11,13-15,21-26,28-43H2,1-3H3/b10-7-,12-9-,19-16-,20-17-,27-18-. The maximum absolute atomic E-state index is 12.7. The molecule has 1 atom stereocenters. The highest BCUT2D eigenvalue weighted by molar-refractivity contribution is 5.71. The highest BCUT2D eigenvalue weighted by Gasteiger charge is 2.19. The number of rotatable bonds is 38. The molecule has 0 aromatic rings. The number of hydrogen-bond donors (Lipinski definition) is 0. The van der Waals surface area contributed by atoms with Crippen molar-refractivity contribution in [1.29, 1.82) is 0 Å². The molecule has 0 saturated heterocycles. The van der Waals surface area contributed by atoms with Crippen LogP contribution in [0.15, 0.2) is 60.8 Å². The highest BCUT2D eigenvalue weighted by Crippen LogP contribution is 2.13. The fourth-order valence-electron chi connectivity index (χ4n) is 5.74. The second-order valence-electron chi connectivity index (χ2n) is 14.2. The molecule has 304 valence electrons. The number of esters is 3. The molecule has 0 heterocycles. The van der Waals surface area contributed by atoms with Crippen LogP contribution in [0.5, 0.6) is 0 Å². The van der Waals surface area contributed by atoms with Crippen molar-refractivity contribution in [1.82, 2.24) is 0 Å². The summed E-state index contributed by atoms with van der Waals surface area (Å²) in [5, 5.41) is 0. The lowest BCUT2D eigenvalue weighted by Gasteiger charge is -2.18. The van der Waals surface area contributed by atoms with E-state index in [-0.39, 0.29) is 31.1 Å². The molecule has 1 unspecified atom stereocenters. The van der Waals surface area contributed by atoms with Crippen LogP contribution in [0.2, 0.25) is 0 Å². The summed E-state index contributed by atoms with van der Waals surface area (Å²) in [6.07, 6.45) is 49.3. The Morgan fingerprint density at radius 1 is 0.396 bits per heavy atom. The molecule has 0 aromatic carbocycles. The van der Waals surface area contributed by atoms with Crippen LogP contribution in [0.25, 0.3) is 0 Å². The molecule has 0 saturated carbocycles. The third-order valence-corrected chi connectivity index (χ3v) is 8.99. The largest absolute Gasteiger partial charge is 0.462 e. The maximum Gasteiger partial charge on any atom is 0.306 e. The number of carbonyl (C=O) groups is 3. The smallest absolute Gasteiger partial charge is 0.306 e. The van der Waals surface area contributed by atoms with Crippen LogP contribution < -0.4 is 0 Å². The second kappa shape index (κ2) is 41.9. The number of carbonyl (C=O) groups excluding carboxylic acids is 3. The third kappa shape index (κ3) is 40.1. The zero-order valence-corrected chi connectivity index (χ0v) is 34.5. The van der Waals surface area contributed by atoms with Crippen molar-refractivity contribution in [3.63, 3.8) is 0 Å². The molecule has 0 spiro atoms. The Morgan fingerprint density at radius 2 is 0.736 bits per heavy atom. The van der Waals surface area contributed by atoms with Crippen molar-refractivity contribution in [2.45, 2.75) is 207 Å². The molecule has 0 aliphatic heterocycles. The van der Waals surface area contributed by atoms with E-state index in [9.17, 15) is 14.4 Å². The Balaban J connectivity index is 4.41. The fraction of sp³-hybridized carbons (Fsp3) is 0.723. The summed E-state index contributed by atoms with van der Waals surface area (Å²) >= 11 is 0. The van der Waals surface area contributed by atoms with Crippen molar-refractivity contribution < 1.29 is 28.6 Å². The summed E-state index contributed by atoms with van der Waals surface area (Å²) in [5.41, 5.74) is 0. The normalized spacial score (nSPS) is 12.6. The Labute approximate surface area is 326 Å². The van der Waals surface area contributed by atoms with E-state index in [0.29, 0.717) is 19.3 Å². The zero-order chi connectivity index (χ0) is 38.7. The molecule has 0 N–H and O–H groups in total. The van der Waals surface area contributed by atoms with Crippen LogP contribution in [0, 0.1) is 0 Å².